The zero-order valence-electron chi connectivity index (χ0n) is 13.3. The molecule has 0 saturated carbocycles. The van der Waals surface area contributed by atoms with E-state index in [2.05, 4.69) is 20.4 Å². The molecule has 7 heteroatoms. The van der Waals surface area contributed by atoms with E-state index in [4.69, 9.17) is 4.74 Å². The van der Waals surface area contributed by atoms with Crippen LogP contribution < -0.4 is 10.2 Å². The van der Waals surface area contributed by atoms with Gasteiger partial charge in [0, 0.05) is 25.2 Å². The normalized spacial score (nSPS) is 18.0. The topological polar surface area (TPSA) is 67.4 Å². The van der Waals surface area contributed by atoms with Gasteiger partial charge in [-0.15, -0.1) is 10.2 Å². The fourth-order valence-corrected chi connectivity index (χ4v) is 3.39. The van der Waals surface area contributed by atoms with Crippen molar-refractivity contribution in [2.45, 2.75) is 20.0 Å². The maximum absolute atomic E-state index is 12.4. The van der Waals surface area contributed by atoms with Gasteiger partial charge in [-0.05, 0) is 25.0 Å². The van der Waals surface area contributed by atoms with Gasteiger partial charge in [0.2, 0.25) is 5.13 Å². The van der Waals surface area contributed by atoms with E-state index < -0.39 is 0 Å². The second-order valence-electron chi connectivity index (χ2n) is 5.64. The highest BCUT2D eigenvalue weighted by Crippen LogP contribution is 2.19. The molecule has 1 saturated heterocycles. The molecule has 122 valence electrons. The summed E-state index contributed by atoms with van der Waals surface area (Å²) in [5.41, 5.74) is 4.46. The van der Waals surface area contributed by atoms with Crippen molar-refractivity contribution in [1.29, 1.82) is 0 Å². The summed E-state index contributed by atoms with van der Waals surface area (Å²) in [6.07, 6.45) is -0.0408. The van der Waals surface area contributed by atoms with Gasteiger partial charge in [0.05, 0.1) is 12.7 Å². The van der Waals surface area contributed by atoms with Gasteiger partial charge in [-0.2, -0.15) is 0 Å². The first-order valence-electron chi connectivity index (χ1n) is 7.62. The molecule has 1 N–H and O–H groups in total. The van der Waals surface area contributed by atoms with Crippen molar-refractivity contribution < 1.29 is 9.53 Å². The molecule has 0 bridgehead atoms. The lowest BCUT2D eigenvalue weighted by Gasteiger charge is -2.32. The van der Waals surface area contributed by atoms with Crippen LogP contribution in [0.3, 0.4) is 0 Å². The number of aryl methyl sites for hydroxylation is 2. The first kappa shape index (κ1) is 15.9. The molecule has 6 nitrogen and oxygen atoms in total. The van der Waals surface area contributed by atoms with Crippen molar-refractivity contribution in [2.24, 2.45) is 0 Å². The molecular formula is C16H20N4O2S. The summed E-state index contributed by atoms with van der Waals surface area (Å²) >= 11 is 1.52. The molecule has 2 heterocycles. The fourth-order valence-electron chi connectivity index (χ4n) is 2.79. The predicted molar refractivity (Wildman–Crippen MR) is 90.1 cm³/mol. The number of morpholine rings is 1. The number of ether oxygens (including phenoxy) is 1. The van der Waals surface area contributed by atoms with Gasteiger partial charge in [-0.25, -0.2) is 0 Å². The Balaban J connectivity index is 1.59. The van der Waals surface area contributed by atoms with Crippen LogP contribution in [-0.4, -0.2) is 48.4 Å². The lowest BCUT2D eigenvalue weighted by atomic mass is 10.0. The van der Waals surface area contributed by atoms with Gasteiger partial charge >= 0.3 is 0 Å². The van der Waals surface area contributed by atoms with Crippen LogP contribution >= 0.6 is 11.3 Å². The maximum atomic E-state index is 12.4. The van der Waals surface area contributed by atoms with Gasteiger partial charge in [0.25, 0.3) is 5.91 Å². The van der Waals surface area contributed by atoms with Gasteiger partial charge in [-0.3, -0.25) is 4.79 Å². The van der Waals surface area contributed by atoms with Crippen molar-refractivity contribution >= 4 is 22.4 Å². The highest BCUT2D eigenvalue weighted by molar-refractivity contribution is 7.13. The van der Waals surface area contributed by atoms with E-state index in [0.717, 1.165) is 28.4 Å². The van der Waals surface area contributed by atoms with Gasteiger partial charge < -0.3 is 15.0 Å². The number of nitrogens with zero attached hydrogens (tertiary/aromatic N) is 3. The van der Waals surface area contributed by atoms with Gasteiger partial charge in [0.1, 0.15) is 5.51 Å². The van der Waals surface area contributed by atoms with Gasteiger partial charge in [-0.1, -0.05) is 29.5 Å². The van der Waals surface area contributed by atoms with E-state index in [9.17, 15) is 4.79 Å². The number of anilines is 1. The monoisotopic (exact) mass is 332 g/mol. The maximum Gasteiger partial charge on any atom is 0.251 e. The Hall–Kier alpha value is -1.99. The summed E-state index contributed by atoms with van der Waals surface area (Å²) in [5.74, 6) is -0.0442. The number of carbonyl (C=O) groups is 1. The summed E-state index contributed by atoms with van der Waals surface area (Å²) in [7, 11) is 0. The van der Waals surface area contributed by atoms with Crippen molar-refractivity contribution in [3.63, 3.8) is 0 Å². The Morgan fingerprint density at radius 3 is 2.91 bits per heavy atom. The molecule has 1 aliphatic rings. The smallest absolute Gasteiger partial charge is 0.251 e. The number of rotatable bonds is 4. The summed E-state index contributed by atoms with van der Waals surface area (Å²) in [5, 5.41) is 11.9. The number of benzene rings is 1. The molecule has 0 spiro atoms. The Bertz CT molecular complexity index is 654. The lowest BCUT2D eigenvalue weighted by molar-refractivity contribution is 0.0396. The van der Waals surface area contributed by atoms with Crippen LogP contribution in [0.5, 0.6) is 0 Å². The zero-order valence-corrected chi connectivity index (χ0v) is 14.1. The number of aromatic nitrogens is 2. The van der Waals surface area contributed by atoms with Crippen molar-refractivity contribution in [2.75, 3.05) is 31.1 Å². The molecule has 0 radical (unpaired) electrons. The number of nitrogens with one attached hydrogen (secondary N) is 1. The Labute approximate surface area is 139 Å². The van der Waals surface area contributed by atoms with E-state index in [0.29, 0.717) is 19.7 Å². The third-order valence-corrected chi connectivity index (χ3v) is 4.71. The average Bonchev–Trinajstić information content (AvgIpc) is 3.07. The van der Waals surface area contributed by atoms with Crippen molar-refractivity contribution in [1.82, 2.24) is 15.5 Å². The largest absolute Gasteiger partial charge is 0.373 e. The Morgan fingerprint density at radius 1 is 1.43 bits per heavy atom. The van der Waals surface area contributed by atoms with Crippen LogP contribution in [-0.2, 0) is 4.74 Å². The summed E-state index contributed by atoms with van der Waals surface area (Å²) in [6, 6.07) is 5.87. The fraction of sp³-hybridized carbons (Fsp3) is 0.438. The molecule has 0 unspecified atom stereocenters. The molecule has 1 aromatic heterocycles. The molecule has 1 aliphatic heterocycles. The number of carbonyl (C=O) groups excluding carboxylic acids is 1. The lowest BCUT2D eigenvalue weighted by Crippen LogP contribution is -2.47. The zero-order chi connectivity index (χ0) is 16.2. The SMILES string of the molecule is Cc1cccc(C)c1C(=O)NC[C@@H]1CN(c2nncs2)CCO1. The highest BCUT2D eigenvalue weighted by Gasteiger charge is 2.23. The number of hydrogen-bond donors (Lipinski definition) is 1. The molecule has 1 amide bonds. The quantitative estimate of drug-likeness (QED) is 0.924. The standard InChI is InChI=1S/C16H20N4O2S/c1-11-4-3-5-12(2)14(11)15(21)17-8-13-9-20(6-7-22-13)16-19-18-10-23-16/h3-5,10,13H,6-9H2,1-2H3,(H,17,21)/t13-/m1/s1. The van der Waals surface area contributed by atoms with Crippen LogP contribution in [0.2, 0.25) is 0 Å². The van der Waals surface area contributed by atoms with Crippen molar-refractivity contribution in [3.05, 3.63) is 40.4 Å². The minimum atomic E-state index is -0.0442. The minimum Gasteiger partial charge on any atom is -0.373 e. The van der Waals surface area contributed by atoms with Crippen LogP contribution in [0.1, 0.15) is 21.5 Å². The van der Waals surface area contributed by atoms with E-state index in [1.54, 1.807) is 5.51 Å². The predicted octanol–water partition coefficient (Wildman–Crippen LogP) is 1.79. The molecular weight excluding hydrogens is 312 g/mol. The van der Waals surface area contributed by atoms with E-state index >= 15 is 0 Å². The number of hydrogen-bond acceptors (Lipinski definition) is 6. The van der Waals surface area contributed by atoms with Crippen LogP contribution in [0.15, 0.2) is 23.7 Å². The third-order valence-electron chi connectivity index (χ3n) is 3.96. The molecule has 3 rings (SSSR count). The molecule has 1 aromatic carbocycles. The second kappa shape index (κ2) is 7.06. The highest BCUT2D eigenvalue weighted by atomic mass is 32.1. The second-order valence-corrected chi connectivity index (χ2v) is 6.45. The average molecular weight is 332 g/mol. The summed E-state index contributed by atoms with van der Waals surface area (Å²) in [4.78, 5) is 14.6. The minimum absolute atomic E-state index is 0.0408. The molecule has 0 aliphatic carbocycles. The van der Waals surface area contributed by atoms with E-state index in [-0.39, 0.29) is 12.0 Å². The Morgan fingerprint density at radius 2 is 2.22 bits per heavy atom. The van der Waals surface area contributed by atoms with E-state index in [1.807, 2.05) is 32.0 Å². The molecule has 1 fully saturated rings. The van der Waals surface area contributed by atoms with Crippen LogP contribution in [0, 0.1) is 13.8 Å². The molecule has 1 atom stereocenters. The summed E-state index contributed by atoms with van der Waals surface area (Å²) in [6.45, 7) is 6.54. The number of amides is 1. The Kier molecular flexibility index (Phi) is 4.88. The van der Waals surface area contributed by atoms with E-state index in [1.165, 1.54) is 11.3 Å². The van der Waals surface area contributed by atoms with Crippen LogP contribution in [0.25, 0.3) is 0 Å². The third kappa shape index (κ3) is 3.68. The summed E-state index contributed by atoms with van der Waals surface area (Å²) < 4.78 is 5.75. The van der Waals surface area contributed by atoms with Crippen molar-refractivity contribution in [3.8, 4) is 0 Å². The molecule has 2 aromatic rings. The van der Waals surface area contributed by atoms with Crippen LogP contribution in [0.4, 0.5) is 5.13 Å². The van der Waals surface area contributed by atoms with Gasteiger partial charge in [0.15, 0.2) is 0 Å². The molecule has 23 heavy (non-hydrogen) atoms. The first-order chi connectivity index (χ1) is 11.1. The first-order valence-corrected chi connectivity index (χ1v) is 8.50.